The molecule has 0 aromatic heterocycles. The summed E-state index contributed by atoms with van der Waals surface area (Å²) in [5, 5.41) is 0. The summed E-state index contributed by atoms with van der Waals surface area (Å²) < 4.78 is 27.3. The molecule has 0 N–H and O–H groups in total. The average molecular weight is 261 g/mol. The lowest BCUT2D eigenvalue weighted by Crippen LogP contribution is -2.46. The molecular weight excluding hydrogens is 240 g/mol. The van der Waals surface area contributed by atoms with Crippen molar-refractivity contribution >= 4 is 10.5 Å². The Morgan fingerprint density at radius 1 is 1.29 bits per heavy atom. The second kappa shape index (κ2) is 7.45. The number of hydrogen-bond acceptors (Lipinski definition) is 5. The highest BCUT2D eigenvalue weighted by Crippen LogP contribution is 2.27. The summed E-state index contributed by atoms with van der Waals surface area (Å²) >= 11 is 0. The highest BCUT2D eigenvalue weighted by molar-refractivity contribution is 5.98. The third-order valence-electron chi connectivity index (χ3n) is 2.52. The van der Waals surface area contributed by atoms with E-state index in [0.29, 0.717) is 26.1 Å². The molecule has 0 amide bonds. The number of hydrogen-bond donors (Lipinski definition) is 0. The van der Waals surface area contributed by atoms with E-state index < -0.39 is 18.6 Å². The molecule has 1 aliphatic heterocycles. The Hall–Kier alpha value is 0.0169. The molecule has 6 heteroatoms. The third kappa shape index (κ3) is 4.65. The van der Waals surface area contributed by atoms with Gasteiger partial charge in [0.1, 0.15) is 6.29 Å². The summed E-state index contributed by atoms with van der Waals surface area (Å²) in [4.78, 5) is 0. The minimum absolute atomic E-state index is 0.394. The van der Waals surface area contributed by atoms with Gasteiger partial charge < -0.3 is 18.6 Å². The van der Waals surface area contributed by atoms with Crippen molar-refractivity contribution < 1.29 is 23.4 Å². The Bertz CT molecular complexity index is 208. The van der Waals surface area contributed by atoms with Crippen molar-refractivity contribution in [3.63, 3.8) is 0 Å². The predicted octanol–water partition coefficient (Wildman–Crippen LogP) is 1.70. The van der Waals surface area contributed by atoms with Crippen LogP contribution in [0.3, 0.4) is 0 Å². The third-order valence-corrected chi connectivity index (χ3v) is 2.85. The van der Waals surface area contributed by atoms with Crippen molar-refractivity contribution in [2.24, 2.45) is 0 Å². The Kier molecular flexibility index (Phi) is 6.61. The first-order chi connectivity index (χ1) is 8.15. The molecule has 1 fully saturated rings. The zero-order valence-electron chi connectivity index (χ0n) is 10.7. The molecule has 17 heavy (non-hydrogen) atoms. The topological polar surface area (TPSA) is 46.2 Å². The van der Waals surface area contributed by atoms with Crippen LogP contribution in [0.1, 0.15) is 40.0 Å². The molecule has 0 aromatic carbocycles. The van der Waals surface area contributed by atoms with Gasteiger partial charge in [-0.1, -0.05) is 13.8 Å². The summed E-state index contributed by atoms with van der Waals surface area (Å²) in [6.07, 6.45) is 1.39. The Morgan fingerprint density at radius 3 is 2.41 bits per heavy atom. The van der Waals surface area contributed by atoms with Crippen LogP contribution < -0.4 is 0 Å². The summed E-state index contributed by atoms with van der Waals surface area (Å²) in [7, 11) is 2.93. The summed E-state index contributed by atoms with van der Waals surface area (Å²) in [6.45, 7) is 7.00. The molecule has 1 heterocycles. The minimum Gasteiger partial charge on any atom is -0.394 e. The number of ether oxygens (including phenoxy) is 4. The number of rotatable bonds is 7. The highest BCUT2D eigenvalue weighted by atomic mass is 28.2. The van der Waals surface area contributed by atoms with E-state index in [1.807, 2.05) is 13.8 Å². The van der Waals surface area contributed by atoms with Crippen LogP contribution in [-0.2, 0) is 23.4 Å². The summed E-state index contributed by atoms with van der Waals surface area (Å²) in [5.41, 5.74) is 0. The van der Waals surface area contributed by atoms with E-state index in [4.69, 9.17) is 23.4 Å². The van der Waals surface area contributed by atoms with E-state index in [0.717, 1.165) is 6.42 Å². The van der Waals surface area contributed by atoms with Gasteiger partial charge in [-0.05, 0) is 19.8 Å². The maximum Gasteiger partial charge on any atom is 0.284 e. The zero-order chi connectivity index (χ0) is 12.7. The second-order valence-corrected chi connectivity index (χ2v) is 4.10. The standard InChI is InChI=1S/C11H21O5Si/c1-4-10(14-9(3)16-17)15-11(5-2)12-7-6-8-13-11/h9-10H,4-8H2,1-3H3. The molecule has 99 valence electrons. The molecule has 2 atom stereocenters. The lowest BCUT2D eigenvalue weighted by Gasteiger charge is -2.38. The van der Waals surface area contributed by atoms with E-state index >= 15 is 0 Å². The molecule has 0 spiro atoms. The smallest absolute Gasteiger partial charge is 0.284 e. The van der Waals surface area contributed by atoms with Crippen LogP contribution in [0.15, 0.2) is 0 Å². The lowest BCUT2D eigenvalue weighted by molar-refractivity contribution is -0.440. The van der Waals surface area contributed by atoms with E-state index in [1.165, 1.54) is 0 Å². The van der Waals surface area contributed by atoms with Crippen molar-refractivity contribution in [1.82, 2.24) is 0 Å². The molecule has 0 aliphatic carbocycles. The fourth-order valence-electron chi connectivity index (χ4n) is 1.56. The van der Waals surface area contributed by atoms with Gasteiger partial charge in [0.05, 0.1) is 13.2 Å². The molecule has 0 bridgehead atoms. The van der Waals surface area contributed by atoms with Gasteiger partial charge in [0, 0.05) is 6.42 Å². The lowest BCUT2D eigenvalue weighted by atomic mass is 10.3. The van der Waals surface area contributed by atoms with Gasteiger partial charge >= 0.3 is 0 Å². The van der Waals surface area contributed by atoms with Gasteiger partial charge in [-0.25, -0.2) is 0 Å². The fourth-order valence-corrected chi connectivity index (χ4v) is 1.62. The quantitative estimate of drug-likeness (QED) is 0.515. The predicted molar refractivity (Wildman–Crippen MR) is 62.1 cm³/mol. The van der Waals surface area contributed by atoms with Crippen LogP contribution >= 0.6 is 0 Å². The molecule has 0 aromatic rings. The van der Waals surface area contributed by atoms with Gasteiger partial charge in [-0.2, -0.15) is 0 Å². The van der Waals surface area contributed by atoms with Crippen molar-refractivity contribution in [3.05, 3.63) is 0 Å². The highest BCUT2D eigenvalue weighted by Gasteiger charge is 2.37. The second-order valence-electron chi connectivity index (χ2n) is 3.86. The maximum absolute atomic E-state index is 5.78. The Balaban J connectivity index is 2.51. The summed E-state index contributed by atoms with van der Waals surface area (Å²) in [6, 6.07) is 0. The molecule has 1 aliphatic rings. The van der Waals surface area contributed by atoms with E-state index in [9.17, 15) is 0 Å². The van der Waals surface area contributed by atoms with Crippen molar-refractivity contribution in [1.29, 1.82) is 0 Å². The molecule has 1 saturated heterocycles. The van der Waals surface area contributed by atoms with Crippen LogP contribution in [0.25, 0.3) is 0 Å². The fraction of sp³-hybridized carbons (Fsp3) is 1.00. The average Bonchev–Trinajstić information content (AvgIpc) is 2.38. The first-order valence-electron chi connectivity index (χ1n) is 6.09. The van der Waals surface area contributed by atoms with Gasteiger partial charge in [-0.15, -0.1) is 0 Å². The van der Waals surface area contributed by atoms with Crippen molar-refractivity contribution in [2.45, 2.75) is 58.6 Å². The molecule has 1 rings (SSSR count). The molecule has 0 saturated carbocycles. The molecule has 2 unspecified atom stereocenters. The first-order valence-corrected chi connectivity index (χ1v) is 6.50. The molecule has 3 radical (unpaired) electrons. The van der Waals surface area contributed by atoms with Gasteiger partial charge in [0.2, 0.25) is 10.5 Å². The van der Waals surface area contributed by atoms with Gasteiger partial charge in [0.25, 0.3) is 5.97 Å². The molecule has 5 nitrogen and oxygen atoms in total. The first kappa shape index (κ1) is 15.1. The van der Waals surface area contributed by atoms with Crippen LogP contribution in [0, 0.1) is 0 Å². The SMILES string of the molecule is CCC(OC(C)O[Si])OC1(CC)OCCCO1. The molecular formula is C11H21O5Si. The van der Waals surface area contributed by atoms with E-state index in [1.54, 1.807) is 6.92 Å². The van der Waals surface area contributed by atoms with Crippen molar-refractivity contribution in [2.75, 3.05) is 13.2 Å². The maximum atomic E-state index is 5.78. The minimum atomic E-state index is -0.968. The van der Waals surface area contributed by atoms with Crippen LogP contribution in [-0.4, -0.2) is 42.3 Å². The van der Waals surface area contributed by atoms with Crippen molar-refractivity contribution in [3.8, 4) is 0 Å². The van der Waals surface area contributed by atoms with E-state index in [-0.39, 0.29) is 0 Å². The van der Waals surface area contributed by atoms with Crippen LogP contribution in [0.4, 0.5) is 0 Å². The Labute approximate surface area is 106 Å². The zero-order valence-corrected chi connectivity index (χ0v) is 11.7. The van der Waals surface area contributed by atoms with Crippen LogP contribution in [0.2, 0.25) is 0 Å². The monoisotopic (exact) mass is 261 g/mol. The van der Waals surface area contributed by atoms with E-state index in [2.05, 4.69) is 10.5 Å². The van der Waals surface area contributed by atoms with Gasteiger partial charge in [-0.3, -0.25) is 4.74 Å². The Morgan fingerprint density at radius 2 is 1.94 bits per heavy atom. The summed E-state index contributed by atoms with van der Waals surface area (Å²) in [5.74, 6) is -0.968. The normalized spacial score (nSPS) is 23.3. The van der Waals surface area contributed by atoms with Gasteiger partial charge in [0.15, 0.2) is 6.29 Å². The van der Waals surface area contributed by atoms with Crippen LogP contribution in [0.5, 0.6) is 0 Å². The largest absolute Gasteiger partial charge is 0.394 e.